The Morgan fingerprint density at radius 3 is 1.76 bits per heavy atom. The van der Waals surface area contributed by atoms with Crippen LogP contribution in [-0.2, 0) is 0 Å². The number of hydrogen-bond acceptors (Lipinski definition) is 2. The normalized spacial score (nSPS) is 12.7. The minimum atomic E-state index is 1.21. The maximum atomic E-state index is 2.35. The summed E-state index contributed by atoms with van der Waals surface area (Å²) < 4.78 is 0. The first-order chi connectivity index (χ1) is 10.3. The van der Waals surface area contributed by atoms with Crippen LogP contribution >= 0.6 is 11.8 Å². The molecule has 0 saturated carbocycles. The van der Waals surface area contributed by atoms with E-state index in [2.05, 4.69) is 85.5 Å². The van der Waals surface area contributed by atoms with E-state index in [0.717, 1.165) is 0 Å². The van der Waals surface area contributed by atoms with E-state index < -0.39 is 0 Å². The average molecular weight is 287 g/mol. The predicted molar refractivity (Wildman–Crippen MR) is 93.4 cm³/mol. The number of nitrogens with zero attached hydrogens (tertiary/aromatic N) is 1. The lowest BCUT2D eigenvalue weighted by Gasteiger charge is -2.32. The van der Waals surface area contributed by atoms with Gasteiger partial charge in [0, 0.05) is 15.5 Å². The zero-order valence-electron chi connectivity index (χ0n) is 11.8. The number of hydrogen-bond donors (Lipinski definition) is 0. The first kappa shape index (κ1) is 12.6. The van der Waals surface area contributed by atoms with E-state index in [1.807, 2.05) is 11.8 Å². The molecule has 0 bridgehead atoms. The molecule has 0 spiro atoms. The van der Waals surface area contributed by atoms with Crippen molar-refractivity contribution in [1.82, 2.24) is 0 Å². The van der Waals surface area contributed by atoms with Gasteiger partial charge in [0.1, 0.15) is 7.85 Å². The lowest BCUT2D eigenvalue weighted by atomic mass is 9.96. The highest BCUT2D eigenvalue weighted by Gasteiger charge is 2.23. The number of benzene rings is 3. The van der Waals surface area contributed by atoms with Gasteiger partial charge >= 0.3 is 0 Å². The van der Waals surface area contributed by atoms with Crippen molar-refractivity contribution in [3.05, 3.63) is 72.8 Å². The van der Waals surface area contributed by atoms with Crippen LogP contribution in [0.1, 0.15) is 0 Å². The van der Waals surface area contributed by atoms with Gasteiger partial charge in [-0.25, -0.2) is 0 Å². The third kappa shape index (κ3) is 2.14. The Morgan fingerprint density at radius 1 is 0.667 bits per heavy atom. The lowest BCUT2D eigenvalue weighted by Crippen LogP contribution is -2.15. The van der Waals surface area contributed by atoms with Gasteiger partial charge in [-0.1, -0.05) is 53.6 Å². The maximum absolute atomic E-state index is 2.35. The molecule has 0 N–H and O–H groups in total. The fourth-order valence-corrected chi connectivity index (χ4v) is 3.73. The van der Waals surface area contributed by atoms with E-state index in [1.165, 1.54) is 32.3 Å². The van der Waals surface area contributed by atoms with Crippen molar-refractivity contribution in [1.29, 1.82) is 0 Å². The molecule has 3 aromatic carbocycles. The van der Waals surface area contributed by atoms with E-state index in [9.17, 15) is 0 Å². The zero-order valence-corrected chi connectivity index (χ0v) is 12.6. The molecule has 4 rings (SSSR count). The minimum absolute atomic E-state index is 1.21. The van der Waals surface area contributed by atoms with Crippen molar-refractivity contribution in [3.8, 4) is 0 Å². The quantitative estimate of drug-likeness (QED) is 0.489. The minimum Gasteiger partial charge on any atom is -0.308 e. The molecule has 0 amide bonds. The number of anilines is 3. The van der Waals surface area contributed by atoms with E-state index in [4.69, 9.17) is 0 Å². The summed E-state index contributed by atoms with van der Waals surface area (Å²) in [6, 6.07) is 25.9. The molecule has 0 aromatic heterocycles. The molecule has 100 valence electrons. The van der Waals surface area contributed by atoms with Gasteiger partial charge < -0.3 is 4.90 Å². The van der Waals surface area contributed by atoms with Gasteiger partial charge in [0.2, 0.25) is 0 Å². The summed E-state index contributed by atoms with van der Waals surface area (Å²) in [5.41, 5.74) is 5.00. The largest absolute Gasteiger partial charge is 0.308 e. The van der Waals surface area contributed by atoms with Crippen LogP contribution in [0.2, 0.25) is 0 Å². The van der Waals surface area contributed by atoms with Crippen LogP contribution in [0.3, 0.4) is 0 Å². The lowest BCUT2D eigenvalue weighted by molar-refractivity contribution is 1.17. The maximum Gasteiger partial charge on any atom is 0.139 e. The van der Waals surface area contributed by atoms with Crippen LogP contribution in [0.4, 0.5) is 17.1 Å². The van der Waals surface area contributed by atoms with Gasteiger partial charge in [-0.3, -0.25) is 0 Å². The van der Waals surface area contributed by atoms with Gasteiger partial charge in [0.25, 0.3) is 0 Å². The van der Waals surface area contributed by atoms with Gasteiger partial charge in [-0.2, -0.15) is 0 Å². The highest BCUT2D eigenvalue weighted by Crippen LogP contribution is 2.50. The highest BCUT2D eigenvalue weighted by atomic mass is 32.2. The monoisotopic (exact) mass is 287 g/mol. The summed E-state index contributed by atoms with van der Waals surface area (Å²) in [6.07, 6.45) is 0. The Balaban J connectivity index is 1.95. The summed E-state index contributed by atoms with van der Waals surface area (Å²) in [5.74, 6) is 0. The van der Waals surface area contributed by atoms with Crippen molar-refractivity contribution in [2.45, 2.75) is 9.79 Å². The van der Waals surface area contributed by atoms with Crippen molar-refractivity contribution in [2.75, 3.05) is 4.90 Å². The topological polar surface area (TPSA) is 3.24 Å². The molecule has 3 heteroatoms. The second-order valence-electron chi connectivity index (χ2n) is 5.21. The fraction of sp³-hybridized carbons (Fsp3) is 0. The van der Waals surface area contributed by atoms with E-state index in [1.54, 1.807) is 0 Å². The molecule has 0 saturated heterocycles. The van der Waals surface area contributed by atoms with Gasteiger partial charge in [0.05, 0.1) is 11.4 Å². The van der Waals surface area contributed by atoms with Crippen LogP contribution in [0.25, 0.3) is 0 Å². The SMILES string of the molecule is Bc1ccc(N2c3ccccc3Sc3ccccc32)cc1. The molecule has 1 nitrogen and oxygen atoms in total. The molecule has 0 unspecified atom stereocenters. The smallest absolute Gasteiger partial charge is 0.139 e. The molecule has 1 heterocycles. The molecule has 0 fully saturated rings. The second kappa shape index (κ2) is 5.01. The molecule has 0 atom stereocenters. The zero-order chi connectivity index (χ0) is 14.2. The van der Waals surface area contributed by atoms with Gasteiger partial charge in [-0.05, 0) is 36.4 Å². The summed E-state index contributed by atoms with van der Waals surface area (Å²) >= 11 is 1.84. The molecule has 1 aliphatic heterocycles. The second-order valence-corrected chi connectivity index (χ2v) is 6.29. The van der Waals surface area contributed by atoms with Crippen LogP contribution in [0.5, 0.6) is 0 Å². The van der Waals surface area contributed by atoms with E-state index in [-0.39, 0.29) is 0 Å². The molecular formula is C18H14BNS. The first-order valence-electron chi connectivity index (χ1n) is 7.06. The summed E-state index contributed by atoms with van der Waals surface area (Å²) in [6.45, 7) is 0. The Morgan fingerprint density at radius 2 is 1.19 bits per heavy atom. The van der Waals surface area contributed by atoms with E-state index in [0.29, 0.717) is 0 Å². The van der Waals surface area contributed by atoms with Crippen molar-refractivity contribution >= 4 is 42.1 Å². The van der Waals surface area contributed by atoms with Crippen LogP contribution in [-0.4, -0.2) is 7.85 Å². The standard InChI is InChI=1S/C18H14BNS/c19-13-9-11-14(12-10-13)20-15-5-1-3-7-17(15)21-18-8-4-2-6-16(18)20/h1-12H,19H2. The van der Waals surface area contributed by atoms with Crippen LogP contribution in [0.15, 0.2) is 82.6 Å². The molecular weight excluding hydrogens is 273 g/mol. The summed E-state index contributed by atoms with van der Waals surface area (Å²) in [7, 11) is 2.12. The Bertz CT molecular complexity index is 753. The molecule has 1 aliphatic rings. The van der Waals surface area contributed by atoms with Crippen molar-refractivity contribution in [2.24, 2.45) is 0 Å². The predicted octanol–water partition coefficient (Wildman–Crippen LogP) is 3.88. The Hall–Kier alpha value is -2.13. The Kier molecular flexibility index (Phi) is 3.01. The van der Waals surface area contributed by atoms with E-state index >= 15 is 0 Å². The number of fused-ring (bicyclic) bond motifs is 2. The van der Waals surface area contributed by atoms with Gasteiger partial charge in [-0.15, -0.1) is 0 Å². The first-order valence-corrected chi connectivity index (χ1v) is 7.87. The molecule has 0 radical (unpaired) electrons. The summed E-state index contributed by atoms with van der Waals surface area (Å²) in [5, 5.41) is 0. The third-order valence-corrected chi connectivity index (χ3v) is 4.85. The van der Waals surface area contributed by atoms with Gasteiger partial charge in [0.15, 0.2) is 0 Å². The van der Waals surface area contributed by atoms with Crippen LogP contribution < -0.4 is 10.4 Å². The van der Waals surface area contributed by atoms with Crippen molar-refractivity contribution < 1.29 is 0 Å². The highest BCUT2D eigenvalue weighted by molar-refractivity contribution is 7.99. The number of para-hydroxylation sites is 2. The average Bonchev–Trinajstić information content (AvgIpc) is 2.53. The third-order valence-electron chi connectivity index (χ3n) is 3.72. The fourth-order valence-electron chi connectivity index (χ4n) is 2.68. The number of rotatable bonds is 1. The Labute approximate surface area is 130 Å². The molecule has 21 heavy (non-hydrogen) atoms. The van der Waals surface area contributed by atoms with Crippen molar-refractivity contribution in [3.63, 3.8) is 0 Å². The summed E-state index contributed by atoms with van der Waals surface area (Å²) in [4.78, 5) is 4.95. The molecule has 0 aliphatic carbocycles. The molecule has 3 aromatic rings. The van der Waals surface area contributed by atoms with Crippen LogP contribution in [0, 0.1) is 0 Å².